The monoisotopic (exact) mass is 260 g/mol. The standard InChI is InChI=1S/C12H15F3N2O/c1-8(16-2)11(18)17-7-9-4-3-5-10(6-9)12(13,14)15/h3-6,8,16H,7H2,1-2H3,(H,17,18). The molecule has 1 amide bonds. The van der Waals surface area contributed by atoms with Gasteiger partial charge in [0.25, 0.3) is 0 Å². The summed E-state index contributed by atoms with van der Waals surface area (Å²) in [5.41, 5.74) is -0.294. The van der Waals surface area contributed by atoms with Crippen molar-refractivity contribution in [1.29, 1.82) is 0 Å². The predicted molar refractivity (Wildman–Crippen MR) is 61.8 cm³/mol. The topological polar surface area (TPSA) is 41.1 Å². The van der Waals surface area contributed by atoms with Gasteiger partial charge in [-0.05, 0) is 31.7 Å². The van der Waals surface area contributed by atoms with E-state index in [2.05, 4.69) is 10.6 Å². The maximum atomic E-state index is 12.5. The van der Waals surface area contributed by atoms with E-state index in [4.69, 9.17) is 0 Å². The molecule has 1 aromatic rings. The summed E-state index contributed by atoms with van der Waals surface area (Å²) in [5, 5.41) is 5.30. The summed E-state index contributed by atoms with van der Waals surface area (Å²) in [6, 6.07) is 4.52. The van der Waals surface area contributed by atoms with Gasteiger partial charge in [0.2, 0.25) is 5.91 Å². The van der Waals surface area contributed by atoms with Gasteiger partial charge in [0.05, 0.1) is 11.6 Å². The van der Waals surface area contributed by atoms with Crippen LogP contribution in [0.2, 0.25) is 0 Å². The fourth-order valence-corrected chi connectivity index (χ4v) is 1.33. The van der Waals surface area contributed by atoms with Gasteiger partial charge >= 0.3 is 6.18 Å². The van der Waals surface area contributed by atoms with Gasteiger partial charge in [0, 0.05) is 6.54 Å². The van der Waals surface area contributed by atoms with Crippen molar-refractivity contribution < 1.29 is 18.0 Å². The highest BCUT2D eigenvalue weighted by molar-refractivity contribution is 5.81. The molecule has 1 atom stereocenters. The third kappa shape index (κ3) is 4.03. The van der Waals surface area contributed by atoms with Crippen LogP contribution in [0, 0.1) is 0 Å². The van der Waals surface area contributed by atoms with Crippen LogP contribution in [0.5, 0.6) is 0 Å². The molecule has 0 spiro atoms. The summed E-state index contributed by atoms with van der Waals surface area (Å²) in [7, 11) is 1.63. The Kier molecular flexibility index (Phi) is 4.72. The molecule has 0 aliphatic rings. The average Bonchev–Trinajstić information content (AvgIpc) is 2.34. The minimum Gasteiger partial charge on any atom is -0.351 e. The van der Waals surface area contributed by atoms with Crippen LogP contribution in [0.15, 0.2) is 24.3 Å². The zero-order chi connectivity index (χ0) is 13.8. The molecule has 1 aromatic carbocycles. The van der Waals surface area contributed by atoms with Crippen molar-refractivity contribution in [2.45, 2.75) is 25.7 Å². The van der Waals surface area contributed by atoms with Crippen LogP contribution in [0.3, 0.4) is 0 Å². The Morgan fingerprint density at radius 1 is 1.39 bits per heavy atom. The lowest BCUT2D eigenvalue weighted by atomic mass is 10.1. The highest BCUT2D eigenvalue weighted by Crippen LogP contribution is 2.29. The largest absolute Gasteiger partial charge is 0.416 e. The normalized spacial score (nSPS) is 13.2. The van der Waals surface area contributed by atoms with Crippen LogP contribution in [0.25, 0.3) is 0 Å². The third-order valence-electron chi connectivity index (χ3n) is 2.55. The van der Waals surface area contributed by atoms with Gasteiger partial charge in [-0.15, -0.1) is 0 Å². The van der Waals surface area contributed by atoms with Crippen LogP contribution < -0.4 is 10.6 Å². The average molecular weight is 260 g/mol. The van der Waals surface area contributed by atoms with Crippen LogP contribution in [0.1, 0.15) is 18.1 Å². The number of rotatable bonds is 4. The van der Waals surface area contributed by atoms with Crippen LogP contribution >= 0.6 is 0 Å². The lowest BCUT2D eigenvalue weighted by Gasteiger charge is -2.12. The second kappa shape index (κ2) is 5.86. The van der Waals surface area contributed by atoms with Crippen molar-refractivity contribution in [2.75, 3.05) is 7.05 Å². The van der Waals surface area contributed by atoms with E-state index in [9.17, 15) is 18.0 Å². The van der Waals surface area contributed by atoms with E-state index in [1.54, 1.807) is 20.0 Å². The number of nitrogens with one attached hydrogen (secondary N) is 2. The maximum Gasteiger partial charge on any atom is 0.416 e. The summed E-state index contributed by atoms with van der Waals surface area (Å²) in [4.78, 5) is 11.4. The molecule has 0 saturated carbocycles. The number of hydrogen-bond acceptors (Lipinski definition) is 2. The second-order valence-corrected chi connectivity index (χ2v) is 3.93. The smallest absolute Gasteiger partial charge is 0.351 e. The third-order valence-corrected chi connectivity index (χ3v) is 2.55. The number of benzene rings is 1. The number of carbonyl (C=O) groups is 1. The zero-order valence-corrected chi connectivity index (χ0v) is 10.1. The van der Waals surface area contributed by atoms with Crippen molar-refractivity contribution in [3.63, 3.8) is 0 Å². The molecule has 0 bridgehead atoms. The zero-order valence-electron chi connectivity index (χ0n) is 10.1. The lowest BCUT2D eigenvalue weighted by molar-refractivity contribution is -0.137. The van der Waals surface area contributed by atoms with Gasteiger partial charge in [-0.2, -0.15) is 13.2 Å². The molecule has 1 unspecified atom stereocenters. The molecule has 0 aromatic heterocycles. The predicted octanol–water partition coefficient (Wildman–Crippen LogP) is 1.93. The molecule has 18 heavy (non-hydrogen) atoms. The lowest BCUT2D eigenvalue weighted by Crippen LogP contribution is -2.40. The molecule has 0 radical (unpaired) electrons. The van der Waals surface area contributed by atoms with E-state index < -0.39 is 11.7 Å². The van der Waals surface area contributed by atoms with Crippen molar-refractivity contribution in [2.24, 2.45) is 0 Å². The van der Waals surface area contributed by atoms with Crippen molar-refractivity contribution >= 4 is 5.91 Å². The highest BCUT2D eigenvalue weighted by atomic mass is 19.4. The van der Waals surface area contributed by atoms with Crippen LogP contribution in [-0.4, -0.2) is 19.0 Å². The van der Waals surface area contributed by atoms with Crippen LogP contribution in [-0.2, 0) is 17.5 Å². The molecule has 1 rings (SSSR count). The molecule has 2 N–H and O–H groups in total. The minimum absolute atomic E-state index is 0.0781. The molecule has 6 heteroatoms. The molecular formula is C12H15F3N2O. The van der Waals surface area contributed by atoms with Gasteiger partial charge in [-0.1, -0.05) is 12.1 Å². The van der Waals surface area contributed by atoms with Crippen LogP contribution in [0.4, 0.5) is 13.2 Å². The fourth-order valence-electron chi connectivity index (χ4n) is 1.33. The summed E-state index contributed by atoms with van der Waals surface area (Å²) in [6.07, 6.45) is -4.36. The summed E-state index contributed by atoms with van der Waals surface area (Å²) in [6.45, 7) is 1.75. The van der Waals surface area contributed by atoms with Crippen molar-refractivity contribution in [1.82, 2.24) is 10.6 Å². The number of halogens is 3. The van der Waals surface area contributed by atoms with E-state index in [1.165, 1.54) is 6.07 Å². The SMILES string of the molecule is CNC(C)C(=O)NCc1cccc(C(F)(F)F)c1. The first-order chi connectivity index (χ1) is 8.34. The first-order valence-corrected chi connectivity index (χ1v) is 5.45. The molecule has 0 fully saturated rings. The Morgan fingerprint density at radius 3 is 2.61 bits per heavy atom. The Bertz CT molecular complexity index is 418. The first-order valence-electron chi connectivity index (χ1n) is 5.45. The summed E-state index contributed by atoms with van der Waals surface area (Å²) < 4.78 is 37.4. The van der Waals surface area contributed by atoms with Crippen molar-refractivity contribution in [3.8, 4) is 0 Å². The Hall–Kier alpha value is -1.56. The molecule has 3 nitrogen and oxygen atoms in total. The molecule has 100 valence electrons. The molecule has 0 saturated heterocycles. The van der Waals surface area contributed by atoms with E-state index in [0.29, 0.717) is 5.56 Å². The van der Waals surface area contributed by atoms with E-state index in [0.717, 1.165) is 12.1 Å². The number of amides is 1. The molecule has 0 aliphatic carbocycles. The Morgan fingerprint density at radius 2 is 2.06 bits per heavy atom. The summed E-state index contributed by atoms with van der Waals surface area (Å²) >= 11 is 0. The fraction of sp³-hybridized carbons (Fsp3) is 0.417. The Balaban J connectivity index is 2.66. The maximum absolute atomic E-state index is 12.5. The number of alkyl halides is 3. The molecule has 0 heterocycles. The number of carbonyl (C=O) groups excluding carboxylic acids is 1. The van der Waals surface area contributed by atoms with Gasteiger partial charge < -0.3 is 10.6 Å². The highest BCUT2D eigenvalue weighted by Gasteiger charge is 2.30. The van der Waals surface area contributed by atoms with E-state index in [-0.39, 0.29) is 18.5 Å². The first kappa shape index (κ1) is 14.5. The van der Waals surface area contributed by atoms with Gasteiger partial charge in [0.15, 0.2) is 0 Å². The van der Waals surface area contributed by atoms with Gasteiger partial charge in [-0.25, -0.2) is 0 Å². The number of likely N-dealkylation sites (N-methyl/N-ethyl adjacent to an activating group) is 1. The molecular weight excluding hydrogens is 245 g/mol. The number of hydrogen-bond donors (Lipinski definition) is 2. The molecule has 0 aliphatic heterocycles. The van der Waals surface area contributed by atoms with Gasteiger partial charge in [0.1, 0.15) is 0 Å². The van der Waals surface area contributed by atoms with Crippen molar-refractivity contribution in [3.05, 3.63) is 35.4 Å². The summed E-state index contributed by atoms with van der Waals surface area (Å²) in [5.74, 6) is -0.255. The minimum atomic E-state index is -4.36. The Labute approximate surface area is 103 Å². The van der Waals surface area contributed by atoms with E-state index in [1.807, 2.05) is 0 Å². The van der Waals surface area contributed by atoms with Gasteiger partial charge in [-0.3, -0.25) is 4.79 Å². The quantitative estimate of drug-likeness (QED) is 0.868. The second-order valence-electron chi connectivity index (χ2n) is 3.93. The van der Waals surface area contributed by atoms with E-state index >= 15 is 0 Å².